The third-order valence-corrected chi connectivity index (χ3v) is 4.07. The van der Waals surface area contributed by atoms with E-state index in [1.807, 2.05) is 12.3 Å². The standard InChI is InChI=1S/C10H7BrClN3OS/c1-5-4-17-9(8(5)12)10(16)15-7-3-13-6(11)2-14-7/h2-4H,1H3,(H,14,15,16). The fourth-order valence-corrected chi connectivity index (χ4v) is 2.51. The Bertz CT molecular complexity index is 555. The summed E-state index contributed by atoms with van der Waals surface area (Å²) >= 11 is 10.5. The van der Waals surface area contributed by atoms with Crippen molar-refractivity contribution in [3.8, 4) is 0 Å². The summed E-state index contributed by atoms with van der Waals surface area (Å²) in [5, 5.41) is 4.95. The minimum Gasteiger partial charge on any atom is -0.305 e. The number of nitrogens with one attached hydrogen (secondary N) is 1. The van der Waals surface area contributed by atoms with Crippen molar-refractivity contribution in [2.24, 2.45) is 0 Å². The lowest BCUT2D eigenvalue weighted by Crippen LogP contribution is -2.12. The maximum atomic E-state index is 11.9. The SMILES string of the molecule is Cc1csc(C(=O)Nc2cnc(Br)cn2)c1Cl. The molecule has 0 atom stereocenters. The zero-order valence-electron chi connectivity index (χ0n) is 8.70. The molecule has 2 heterocycles. The summed E-state index contributed by atoms with van der Waals surface area (Å²) in [5.74, 6) is 0.116. The minimum absolute atomic E-state index is 0.273. The number of aromatic nitrogens is 2. The van der Waals surface area contributed by atoms with Crippen LogP contribution in [0, 0.1) is 6.92 Å². The van der Waals surface area contributed by atoms with E-state index < -0.39 is 0 Å². The van der Waals surface area contributed by atoms with Gasteiger partial charge in [0.05, 0.1) is 17.4 Å². The summed E-state index contributed by atoms with van der Waals surface area (Å²) in [5.41, 5.74) is 0.892. The Morgan fingerprint density at radius 2 is 2.24 bits per heavy atom. The van der Waals surface area contributed by atoms with Crippen LogP contribution in [0.25, 0.3) is 0 Å². The van der Waals surface area contributed by atoms with Crippen molar-refractivity contribution in [3.63, 3.8) is 0 Å². The molecular formula is C10H7BrClN3OS. The van der Waals surface area contributed by atoms with Crippen LogP contribution in [-0.4, -0.2) is 15.9 Å². The van der Waals surface area contributed by atoms with Crippen LogP contribution < -0.4 is 5.32 Å². The van der Waals surface area contributed by atoms with E-state index in [0.717, 1.165) is 5.56 Å². The zero-order valence-corrected chi connectivity index (χ0v) is 11.9. The van der Waals surface area contributed by atoms with E-state index in [1.54, 1.807) is 0 Å². The van der Waals surface area contributed by atoms with E-state index in [9.17, 15) is 4.79 Å². The van der Waals surface area contributed by atoms with Gasteiger partial charge in [0.2, 0.25) is 0 Å². The number of rotatable bonds is 2. The molecule has 0 unspecified atom stereocenters. The number of carbonyl (C=O) groups is 1. The minimum atomic E-state index is -0.273. The molecule has 0 aliphatic rings. The van der Waals surface area contributed by atoms with Gasteiger partial charge in [0, 0.05) is 0 Å². The molecule has 0 aliphatic heterocycles. The van der Waals surface area contributed by atoms with E-state index in [1.165, 1.54) is 23.7 Å². The Balaban J connectivity index is 2.17. The van der Waals surface area contributed by atoms with Crippen molar-refractivity contribution in [2.45, 2.75) is 6.92 Å². The molecule has 2 aromatic heterocycles. The molecule has 1 amide bonds. The molecule has 7 heteroatoms. The first-order valence-corrected chi connectivity index (χ1v) is 6.65. The molecule has 4 nitrogen and oxygen atoms in total. The van der Waals surface area contributed by atoms with Gasteiger partial charge in [0.25, 0.3) is 5.91 Å². The zero-order chi connectivity index (χ0) is 12.4. The molecule has 0 aliphatic carbocycles. The van der Waals surface area contributed by atoms with Crippen molar-refractivity contribution < 1.29 is 4.79 Å². The van der Waals surface area contributed by atoms with Gasteiger partial charge in [-0.1, -0.05) is 11.6 Å². The molecule has 0 bridgehead atoms. The van der Waals surface area contributed by atoms with Gasteiger partial charge in [-0.05, 0) is 33.8 Å². The second-order valence-corrected chi connectivity index (χ2v) is 5.31. The van der Waals surface area contributed by atoms with E-state index in [4.69, 9.17) is 11.6 Å². The number of nitrogens with zero attached hydrogens (tertiary/aromatic N) is 2. The molecule has 2 aromatic rings. The second kappa shape index (κ2) is 5.12. The van der Waals surface area contributed by atoms with Gasteiger partial charge in [-0.15, -0.1) is 11.3 Å². The Morgan fingerprint density at radius 1 is 1.47 bits per heavy atom. The normalized spacial score (nSPS) is 10.3. The lowest BCUT2D eigenvalue weighted by molar-refractivity contribution is 0.103. The average Bonchev–Trinajstić information content (AvgIpc) is 2.63. The van der Waals surface area contributed by atoms with Gasteiger partial charge in [-0.3, -0.25) is 4.79 Å². The summed E-state index contributed by atoms with van der Waals surface area (Å²) < 4.78 is 0.612. The van der Waals surface area contributed by atoms with Crippen LogP contribution in [0.3, 0.4) is 0 Å². The number of hydrogen-bond acceptors (Lipinski definition) is 4. The van der Waals surface area contributed by atoms with Gasteiger partial charge in [0.15, 0.2) is 5.82 Å². The molecule has 88 valence electrons. The first kappa shape index (κ1) is 12.5. The third-order valence-electron chi connectivity index (χ3n) is 1.97. The number of thiophene rings is 1. The Kier molecular flexibility index (Phi) is 3.76. The molecule has 17 heavy (non-hydrogen) atoms. The fraction of sp³-hybridized carbons (Fsp3) is 0.100. The van der Waals surface area contributed by atoms with E-state index in [0.29, 0.717) is 20.3 Å². The number of amides is 1. The largest absolute Gasteiger partial charge is 0.305 e. The number of hydrogen-bond donors (Lipinski definition) is 1. The van der Waals surface area contributed by atoms with Crippen LogP contribution in [0.15, 0.2) is 22.4 Å². The van der Waals surface area contributed by atoms with Gasteiger partial charge in [-0.2, -0.15) is 0 Å². The molecule has 0 saturated carbocycles. The highest BCUT2D eigenvalue weighted by Gasteiger charge is 2.15. The van der Waals surface area contributed by atoms with Crippen LogP contribution in [0.5, 0.6) is 0 Å². The predicted octanol–water partition coefficient (Wildman–Crippen LogP) is 3.51. The highest BCUT2D eigenvalue weighted by molar-refractivity contribution is 9.10. The van der Waals surface area contributed by atoms with Crippen molar-refractivity contribution in [2.75, 3.05) is 5.32 Å². The number of halogens is 2. The lowest BCUT2D eigenvalue weighted by Gasteiger charge is -2.02. The van der Waals surface area contributed by atoms with Crippen LogP contribution in [0.4, 0.5) is 5.82 Å². The fourth-order valence-electron chi connectivity index (χ4n) is 1.13. The topological polar surface area (TPSA) is 54.9 Å². The van der Waals surface area contributed by atoms with Gasteiger partial charge in [-0.25, -0.2) is 9.97 Å². The summed E-state index contributed by atoms with van der Waals surface area (Å²) in [7, 11) is 0. The highest BCUT2D eigenvalue weighted by atomic mass is 79.9. The van der Waals surface area contributed by atoms with Gasteiger partial charge < -0.3 is 5.32 Å². The van der Waals surface area contributed by atoms with E-state index >= 15 is 0 Å². The van der Waals surface area contributed by atoms with E-state index in [2.05, 4.69) is 31.2 Å². The summed E-state index contributed by atoms with van der Waals surface area (Å²) in [6.07, 6.45) is 2.98. The van der Waals surface area contributed by atoms with Crippen molar-refractivity contribution >= 4 is 50.6 Å². The first-order valence-electron chi connectivity index (χ1n) is 4.60. The molecule has 2 rings (SSSR count). The number of anilines is 1. The molecule has 1 N–H and O–H groups in total. The molecule has 0 saturated heterocycles. The quantitative estimate of drug-likeness (QED) is 0.915. The van der Waals surface area contributed by atoms with Crippen molar-refractivity contribution in [1.82, 2.24) is 9.97 Å². The number of aryl methyl sites for hydroxylation is 1. The lowest BCUT2D eigenvalue weighted by atomic mass is 10.3. The second-order valence-electron chi connectivity index (χ2n) is 3.24. The smallest absolute Gasteiger partial charge is 0.268 e. The molecule has 0 fully saturated rings. The molecular weight excluding hydrogens is 326 g/mol. The van der Waals surface area contributed by atoms with E-state index in [-0.39, 0.29) is 5.91 Å². The van der Waals surface area contributed by atoms with Gasteiger partial charge >= 0.3 is 0 Å². The summed E-state index contributed by atoms with van der Waals surface area (Å²) in [6, 6.07) is 0. The molecule has 0 spiro atoms. The molecule has 0 aromatic carbocycles. The van der Waals surface area contributed by atoms with Crippen molar-refractivity contribution in [3.05, 3.63) is 37.8 Å². The Labute approximate surface area is 115 Å². The molecule has 0 radical (unpaired) electrons. The summed E-state index contributed by atoms with van der Waals surface area (Å²) in [6.45, 7) is 1.86. The maximum absolute atomic E-state index is 11.9. The van der Waals surface area contributed by atoms with Gasteiger partial charge in [0.1, 0.15) is 9.48 Å². The average molecular weight is 333 g/mol. The van der Waals surface area contributed by atoms with Crippen LogP contribution >= 0.6 is 38.9 Å². The first-order chi connectivity index (χ1) is 8.08. The van der Waals surface area contributed by atoms with Crippen LogP contribution in [-0.2, 0) is 0 Å². The maximum Gasteiger partial charge on any atom is 0.268 e. The highest BCUT2D eigenvalue weighted by Crippen LogP contribution is 2.27. The van der Waals surface area contributed by atoms with Crippen LogP contribution in [0.1, 0.15) is 15.2 Å². The van der Waals surface area contributed by atoms with Crippen LogP contribution in [0.2, 0.25) is 5.02 Å². The van der Waals surface area contributed by atoms with Crippen molar-refractivity contribution in [1.29, 1.82) is 0 Å². The Morgan fingerprint density at radius 3 is 2.76 bits per heavy atom. The number of carbonyl (C=O) groups excluding carboxylic acids is 1. The summed E-state index contributed by atoms with van der Waals surface area (Å²) in [4.78, 5) is 20.3. The third kappa shape index (κ3) is 2.83. The predicted molar refractivity (Wildman–Crippen MR) is 71.8 cm³/mol. The monoisotopic (exact) mass is 331 g/mol. The Hall–Kier alpha value is -0.980.